The van der Waals surface area contributed by atoms with Gasteiger partial charge in [0.2, 0.25) is 5.91 Å². The molecule has 0 unspecified atom stereocenters. The lowest BCUT2D eigenvalue weighted by molar-refractivity contribution is -0.120. The number of halogens is 2. The van der Waals surface area contributed by atoms with Gasteiger partial charge in [-0.15, -0.1) is 0 Å². The van der Waals surface area contributed by atoms with Crippen molar-refractivity contribution in [3.8, 4) is 0 Å². The van der Waals surface area contributed by atoms with Gasteiger partial charge in [0.25, 0.3) is 0 Å². The zero-order valence-electron chi connectivity index (χ0n) is 8.30. The number of hydrogen-bond donors (Lipinski definition) is 1. The minimum absolute atomic E-state index is 0.0169. The fraction of sp³-hybridized carbons (Fsp3) is 0.364. The maximum absolute atomic E-state index is 12.8. The summed E-state index contributed by atoms with van der Waals surface area (Å²) in [5.41, 5.74) is 0.897. The quantitative estimate of drug-likeness (QED) is 0.820. The first-order valence-corrected chi connectivity index (χ1v) is 5.91. The van der Waals surface area contributed by atoms with E-state index in [1.165, 1.54) is 12.1 Å². The molecule has 1 rings (SSSR count). The number of alkyl halides is 1. The molecular formula is C11H13BrFNO. The Bertz CT molecular complexity index is 330. The molecule has 1 aromatic rings. The van der Waals surface area contributed by atoms with Crippen molar-refractivity contribution in [3.05, 3.63) is 35.6 Å². The third-order valence-corrected chi connectivity index (χ3v) is 2.34. The Kier molecular flexibility index (Phi) is 5.32. The van der Waals surface area contributed by atoms with Crippen molar-refractivity contribution in [2.75, 3.05) is 11.9 Å². The summed E-state index contributed by atoms with van der Waals surface area (Å²) in [7, 11) is 0. The topological polar surface area (TPSA) is 29.1 Å². The molecule has 0 saturated carbocycles. The lowest BCUT2D eigenvalue weighted by Crippen LogP contribution is -2.25. The molecule has 1 aromatic carbocycles. The van der Waals surface area contributed by atoms with Gasteiger partial charge in [-0.3, -0.25) is 4.79 Å². The van der Waals surface area contributed by atoms with Gasteiger partial charge in [-0.05, 0) is 24.1 Å². The molecule has 4 heteroatoms. The van der Waals surface area contributed by atoms with Crippen LogP contribution in [0.15, 0.2) is 24.3 Å². The van der Waals surface area contributed by atoms with E-state index >= 15 is 0 Å². The molecule has 2 nitrogen and oxygen atoms in total. The van der Waals surface area contributed by atoms with E-state index in [-0.39, 0.29) is 11.7 Å². The Hall–Kier alpha value is -0.900. The van der Waals surface area contributed by atoms with Gasteiger partial charge in [-0.1, -0.05) is 28.1 Å². The van der Waals surface area contributed by atoms with Gasteiger partial charge < -0.3 is 5.32 Å². The van der Waals surface area contributed by atoms with E-state index in [0.717, 1.165) is 5.56 Å². The molecule has 0 aliphatic heterocycles. The summed E-state index contributed by atoms with van der Waals surface area (Å²) >= 11 is 3.19. The summed E-state index contributed by atoms with van der Waals surface area (Å²) in [5, 5.41) is 3.43. The lowest BCUT2D eigenvalue weighted by Gasteiger charge is -2.04. The van der Waals surface area contributed by atoms with Crippen molar-refractivity contribution >= 4 is 21.8 Å². The maximum atomic E-state index is 12.8. The van der Waals surface area contributed by atoms with Crippen molar-refractivity contribution in [3.63, 3.8) is 0 Å². The molecule has 0 aliphatic carbocycles. The first-order chi connectivity index (χ1) is 7.22. The van der Waals surface area contributed by atoms with Gasteiger partial charge in [0.05, 0.1) is 0 Å². The van der Waals surface area contributed by atoms with E-state index in [9.17, 15) is 9.18 Å². The van der Waals surface area contributed by atoms with Crippen LogP contribution < -0.4 is 5.32 Å². The third kappa shape index (κ3) is 4.93. The predicted molar refractivity (Wildman–Crippen MR) is 61.5 cm³/mol. The SMILES string of the molecule is O=C(CCBr)NCCc1cccc(F)c1. The molecule has 0 radical (unpaired) electrons. The Labute approximate surface area is 97.0 Å². The van der Waals surface area contributed by atoms with Crippen LogP contribution in [0.1, 0.15) is 12.0 Å². The van der Waals surface area contributed by atoms with Crippen LogP contribution in [-0.4, -0.2) is 17.8 Å². The first-order valence-electron chi connectivity index (χ1n) is 4.79. The summed E-state index contributed by atoms with van der Waals surface area (Å²) in [6.45, 7) is 0.551. The number of carbonyl (C=O) groups is 1. The standard InChI is InChI=1S/C11H13BrFNO/c12-6-4-11(15)14-7-5-9-2-1-3-10(13)8-9/h1-3,8H,4-7H2,(H,14,15). The lowest BCUT2D eigenvalue weighted by atomic mass is 10.1. The molecule has 0 atom stereocenters. The average Bonchev–Trinajstić information content (AvgIpc) is 2.18. The molecule has 0 heterocycles. The second kappa shape index (κ2) is 6.56. The van der Waals surface area contributed by atoms with Gasteiger partial charge in [0.1, 0.15) is 5.82 Å². The maximum Gasteiger partial charge on any atom is 0.220 e. The monoisotopic (exact) mass is 273 g/mol. The van der Waals surface area contributed by atoms with Crippen molar-refractivity contribution in [2.24, 2.45) is 0 Å². The zero-order valence-corrected chi connectivity index (χ0v) is 9.89. The molecule has 0 aliphatic rings. The van der Waals surface area contributed by atoms with Crippen molar-refractivity contribution in [1.29, 1.82) is 0 Å². The van der Waals surface area contributed by atoms with Crippen LogP contribution in [0.5, 0.6) is 0 Å². The number of nitrogens with one attached hydrogen (secondary N) is 1. The molecule has 82 valence electrons. The summed E-state index contributed by atoms with van der Waals surface area (Å²) in [6, 6.07) is 6.41. The van der Waals surface area contributed by atoms with E-state index in [1.54, 1.807) is 6.07 Å². The van der Waals surface area contributed by atoms with Gasteiger partial charge in [-0.2, -0.15) is 0 Å². The molecule has 1 amide bonds. The number of benzene rings is 1. The second-order valence-electron chi connectivity index (χ2n) is 3.17. The molecule has 0 fully saturated rings. The molecule has 0 aromatic heterocycles. The van der Waals surface area contributed by atoms with E-state index in [1.807, 2.05) is 6.07 Å². The van der Waals surface area contributed by atoms with Crippen LogP contribution in [0.25, 0.3) is 0 Å². The predicted octanol–water partition coefficient (Wildman–Crippen LogP) is 2.27. The highest BCUT2D eigenvalue weighted by atomic mass is 79.9. The van der Waals surface area contributed by atoms with Crippen molar-refractivity contribution in [1.82, 2.24) is 5.32 Å². The highest BCUT2D eigenvalue weighted by Crippen LogP contribution is 2.03. The minimum Gasteiger partial charge on any atom is -0.356 e. The van der Waals surface area contributed by atoms with Crippen molar-refractivity contribution < 1.29 is 9.18 Å². The van der Waals surface area contributed by atoms with E-state index in [4.69, 9.17) is 0 Å². The van der Waals surface area contributed by atoms with Crippen LogP contribution in [-0.2, 0) is 11.2 Å². The molecule has 15 heavy (non-hydrogen) atoms. The molecule has 0 spiro atoms. The Morgan fingerprint density at radius 1 is 1.47 bits per heavy atom. The average molecular weight is 274 g/mol. The summed E-state index contributed by atoms with van der Waals surface area (Å²) in [6.07, 6.45) is 1.13. The summed E-state index contributed by atoms with van der Waals surface area (Å²) in [5.74, 6) is -0.220. The first kappa shape index (κ1) is 12.2. The smallest absolute Gasteiger partial charge is 0.220 e. The minimum atomic E-state index is -0.237. The highest BCUT2D eigenvalue weighted by molar-refractivity contribution is 9.09. The Morgan fingerprint density at radius 3 is 2.93 bits per heavy atom. The van der Waals surface area contributed by atoms with E-state index < -0.39 is 0 Å². The van der Waals surface area contributed by atoms with Crippen LogP contribution in [0.3, 0.4) is 0 Å². The van der Waals surface area contributed by atoms with E-state index in [2.05, 4.69) is 21.2 Å². The van der Waals surface area contributed by atoms with Crippen molar-refractivity contribution in [2.45, 2.75) is 12.8 Å². The largest absolute Gasteiger partial charge is 0.356 e. The normalized spacial score (nSPS) is 10.0. The van der Waals surface area contributed by atoms with Crippen LogP contribution >= 0.6 is 15.9 Å². The fourth-order valence-corrected chi connectivity index (χ4v) is 1.57. The second-order valence-corrected chi connectivity index (χ2v) is 3.96. The Morgan fingerprint density at radius 2 is 2.27 bits per heavy atom. The highest BCUT2D eigenvalue weighted by Gasteiger charge is 1.99. The molecule has 1 N–H and O–H groups in total. The molecule has 0 saturated heterocycles. The van der Waals surface area contributed by atoms with Gasteiger partial charge >= 0.3 is 0 Å². The number of hydrogen-bond acceptors (Lipinski definition) is 1. The number of carbonyl (C=O) groups excluding carboxylic acids is 1. The molecule has 0 bridgehead atoms. The molecular weight excluding hydrogens is 261 g/mol. The van der Waals surface area contributed by atoms with Gasteiger partial charge in [0, 0.05) is 18.3 Å². The summed E-state index contributed by atoms with van der Waals surface area (Å²) in [4.78, 5) is 11.1. The van der Waals surface area contributed by atoms with Gasteiger partial charge in [-0.25, -0.2) is 4.39 Å². The Balaban J connectivity index is 2.28. The third-order valence-electron chi connectivity index (χ3n) is 1.95. The number of rotatable bonds is 5. The van der Waals surface area contributed by atoms with Crippen LogP contribution in [0, 0.1) is 5.82 Å². The van der Waals surface area contributed by atoms with E-state index in [0.29, 0.717) is 24.7 Å². The van der Waals surface area contributed by atoms with Gasteiger partial charge in [0.15, 0.2) is 0 Å². The summed E-state index contributed by atoms with van der Waals surface area (Å²) < 4.78 is 12.8. The van der Waals surface area contributed by atoms with Crippen LogP contribution in [0.2, 0.25) is 0 Å². The zero-order chi connectivity index (χ0) is 11.1. The fourth-order valence-electron chi connectivity index (χ4n) is 1.21. The van der Waals surface area contributed by atoms with Crippen LogP contribution in [0.4, 0.5) is 4.39 Å². The number of amides is 1.